The van der Waals surface area contributed by atoms with E-state index < -0.39 is 23.1 Å². The van der Waals surface area contributed by atoms with Gasteiger partial charge in [0.2, 0.25) is 5.12 Å². The number of carbonyl (C=O) groups excluding carboxylic acids is 2. The van der Waals surface area contributed by atoms with Gasteiger partial charge in [0.25, 0.3) is 5.91 Å². The molecule has 0 saturated carbocycles. The summed E-state index contributed by atoms with van der Waals surface area (Å²) in [4.78, 5) is 33.3. The average Bonchev–Trinajstić information content (AvgIpc) is 2.73. The van der Waals surface area contributed by atoms with Gasteiger partial charge in [-0.05, 0) is 42.5 Å². The highest BCUT2D eigenvalue weighted by atomic mass is 35.5. The van der Waals surface area contributed by atoms with Gasteiger partial charge in [-0.25, -0.2) is 4.31 Å². The fourth-order valence-corrected chi connectivity index (χ4v) is 3.29. The monoisotopic (exact) mass is 453 g/mol. The largest absolute Gasteiger partial charge is 0.573 e. The number of halogens is 4. The lowest BCUT2D eigenvalue weighted by Gasteiger charge is -2.21. The molecular weight excluding hydrogens is 443 g/mol. The number of anilines is 1. The first-order chi connectivity index (χ1) is 14.2. The Bertz CT molecular complexity index is 1050. The summed E-state index contributed by atoms with van der Waals surface area (Å²) in [6, 6.07) is 9.21. The third-order valence-corrected chi connectivity index (χ3v) is 4.81. The van der Waals surface area contributed by atoms with E-state index in [2.05, 4.69) is 14.7 Å². The number of hydrogen-bond donors (Lipinski definition) is 0. The van der Waals surface area contributed by atoms with Gasteiger partial charge in [0, 0.05) is 42.3 Å². The fourth-order valence-electron chi connectivity index (χ4n) is 2.27. The van der Waals surface area contributed by atoms with Crippen LogP contribution in [0.4, 0.5) is 18.9 Å². The van der Waals surface area contributed by atoms with Crippen LogP contribution >= 0.6 is 23.5 Å². The molecule has 0 radical (unpaired) electrons. The molecule has 0 N–H and O–H groups in total. The van der Waals surface area contributed by atoms with Crippen molar-refractivity contribution < 1.29 is 27.5 Å². The smallest absolute Gasteiger partial charge is 0.404 e. The molecule has 0 atom stereocenters. The summed E-state index contributed by atoms with van der Waals surface area (Å²) < 4.78 is 42.3. The lowest BCUT2D eigenvalue weighted by Crippen LogP contribution is -2.26. The Morgan fingerprint density at radius 3 is 2.33 bits per heavy atom. The van der Waals surface area contributed by atoms with E-state index in [-0.39, 0.29) is 21.8 Å². The van der Waals surface area contributed by atoms with Crippen LogP contribution in [0, 0.1) is 0 Å². The third-order valence-electron chi connectivity index (χ3n) is 3.56. The van der Waals surface area contributed by atoms with Crippen LogP contribution in [0.25, 0.3) is 0 Å². The van der Waals surface area contributed by atoms with Gasteiger partial charge in [-0.15, -0.1) is 13.2 Å². The lowest BCUT2D eigenvalue weighted by molar-refractivity contribution is -0.274. The van der Waals surface area contributed by atoms with Crippen molar-refractivity contribution in [2.45, 2.75) is 6.36 Å². The number of alkyl halides is 3. The highest BCUT2D eigenvalue weighted by Crippen LogP contribution is 2.36. The van der Waals surface area contributed by atoms with E-state index in [0.717, 1.165) is 16.4 Å². The third kappa shape index (κ3) is 5.49. The summed E-state index contributed by atoms with van der Waals surface area (Å²) in [5, 5.41) is -0.868. The summed E-state index contributed by atoms with van der Waals surface area (Å²) in [5.74, 6) is -1.25. The molecule has 0 aliphatic carbocycles. The number of rotatable bonds is 4. The minimum absolute atomic E-state index is 0.0794. The number of pyridine rings is 2. The van der Waals surface area contributed by atoms with Crippen molar-refractivity contribution in [1.82, 2.24) is 9.97 Å². The van der Waals surface area contributed by atoms with Gasteiger partial charge in [0.05, 0.1) is 16.3 Å². The topological polar surface area (TPSA) is 72.4 Å². The van der Waals surface area contributed by atoms with Crippen molar-refractivity contribution in [1.29, 1.82) is 0 Å². The molecule has 0 saturated heterocycles. The summed E-state index contributed by atoms with van der Waals surface area (Å²) in [5.41, 5.74) is 0.525. The van der Waals surface area contributed by atoms with Crippen LogP contribution in [-0.2, 0) is 0 Å². The maximum atomic E-state index is 13.0. The molecule has 1 aromatic carbocycles. The summed E-state index contributed by atoms with van der Waals surface area (Å²) in [7, 11) is 0. The molecule has 1 amide bonds. The number of hydrogen-bond acceptors (Lipinski definition) is 6. The maximum Gasteiger partial charge on any atom is 0.573 e. The summed E-state index contributed by atoms with van der Waals surface area (Å²) in [6.07, 6.45) is 0.677. The Balaban J connectivity index is 1.96. The molecule has 3 aromatic rings. The lowest BCUT2D eigenvalue weighted by atomic mass is 10.2. The maximum absolute atomic E-state index is 13.0. The number of carbonyl (C=O) groups is 2. The first-order valence-corrected chi connectivity index (χ1v) is 9.32. The molecule has 2 heterocycles. The Morgan fingerprint density at radius 1 is 1.00 bits per heavy atom. The zero-order valence-corrected chi connectivity index (χ0v) is 16.4. The standard InChI is InChI=1S/C19H11ClF3N3O3S/c20-15-10-14(3-4-16(15)29-19(21,22)23)26(17(27)13-2-1-7-25-11-13)30-18(28)12-5-8-24-9-6-12/h1-11H. The number of ether oxygens (including phenoxy) is 1. The van der Waals surface area contributed by atoms with Crippen molar-refractivity contribution in [3.8, 4) is 5.75 Å². The molecule has 30 heavy (non-hydrogen) atoms. The van der Waals surface area contributed by atoms with Crippen LogP contribution in [0.15, 0.2) is 67.3 Å². The van der Waals surface area contributed by atoms with Gasteiger partial charge < -0.3 is 4.74 Å². The predicted octanol–water partition coefficient (Wildman–Crippen LogP) is 5.16. The van der Waals surface area contributed by atoms with E-state index in [9.17, 15) is 22.8 Å². The fraction of sp³-hybridized carbons (Fsp3) is 0.0526. The Hall–Kier alpha value is -3.11. The normalized spacial score (nSPS) is 11.1. The van der Waals surface area contributed by atoms with Crippen LogP contribution < -0.4 is 9.04 Å². The second kappa shape index (κ2) is 9.14. The molecule has 0 spiro atoms. The minimum atomic E-state index is -4.93. The number of amides is 1. The van der Waals surface area contributed by atoms with Gasteiger partial charge in [0.15, 0.2) is 0 Å². The Morgan fingerprint density at radius 2 is 1.73 bits per heavy atom. The van der Waals surface area contributed by atoms with Gasteiger partial charge in [-0.1, -0.05) is 11.6 Å². The van der Waals surface area contributed by atoms with E-state index in [1.807, 2.05) is 0 Å². The van der Waals surface area contributed by atoms with Crippen molar-refractivity contribution in [2.24, 2.45) is 0 Å². The van der Waals surface area contributed by atoms with E-state index in [4.69, 9.17) is 11.6 Å². The average molecular weight is 454 g/mol. The van der Waals surface area contributed by atoms with Gasteiger partial charge in [-0.3, -0.25) is 19.6 Å². The van der Waals surface area contributed by atoms with E-state index in [0.29, 0.717) is 11.9 Å². The van der Waals surface area contributed by atoms with Gasteiger partial charge >= 0.3 is 6.36 Å². The second-order valence-corrected chi connectivity index (χ2v) is 6.94. The van der Waals surface area contributed by atoms with Crippen LogP contribution in [0.1, 0.15) is 20.7 Å². The highest BCUT2D eigenvalue weighted by molar-refractivity contribution is 8.15. The minimum Gasteiger partial charge on any atom is -0.404 e. The predicted molar refractivity (Wildman–Crippen MR) is 105 cm³/mol. The van der Waals surface area contributed by atoms with E-state index >= 15 is 0 Å². The van der Waals surface area contributed by atoms with Crippen molar-refractivity contribution in [2.75, 3.05) is 4.31 Å². The van der Waals surface area contributed by atoms with Gasteiger partial charge in [-0.2, -0.15) is 0 Å². The Labute approximate surface area is 177 Å². The number of nitrogens with zero attached hydrogens (tertiary/aromatic N) is 3. The SMILES string of the molecule is O=C(SN(C(=O)c1cccnc1)c1ccc(OC(F)(F)F)c(Cl)c1)c1ccncc1. The van der Waals surface area contributed by atoms with Crippen LogP contribution in [0.3, 0.4) is 0 Å². The molecule has 0 aliphatic rings. The first-order valence-electron chi connectivity index (χ1n) is 8.17. The zero-order chi connectivity index (χ0) is 21.7. The first kappa shape index (κ1) is 21.6. The molecule has 0 fully saturated rings. The van der Waals surface area contributed by atoms with Crippen molar-refractivity contribution in [3.05, 3.63) is 83.4 Å². The molecule has 11 heteroatoms. The van der Waals surface area contributed by atoms with Crippen molar-refractivity contribution in [3.63, 3.8) is 0 Å². The molecule has 0 aliphatic heterocycles. The summed E-state index contributed by atoms with van der Waals surface area (Å²) >= 11 is 6.46. The molecular formula is C19H11ClF3N3O3S. The summed E-state index contributed by atoms with van der Waals surface area (Å²) in [6.45, 7) is 0. The molecule has 0 bridgehead atoms. The second-order valence-electron chi connectivity index (χ2n) is 5.62. The zero-order valence-electron chi connectivity index (χ0n) is 14.8. The van der Waals surface area contributed by atoms with E-state index in [1.165, 1.54) is 55.1 Å². The molecule has 3 rings (SSSR count). The molecule has 2 aromatic heterocycles. The molecule has 0 unspecified atom stereocenters. The van der Waals surface area contributed by atoms with Crippen LogP contribution in [-0.4, -0.2) is 27.4 Å². The quantitative estimate of drug-likeness (QED) is 0.508. The Kier molecular flexibility index (Phi) is 6.58. The molecule has 6 nitrogen and oxygen atoms in total. The van der Waals surface area contributed by atoms with Crippen LogP contribution in [0.2, 0.25) is 5.02 Å². The number of benzene rings is 1. The van der Waals surface area contributed by atoms with E-state index in [1.54, 1.807) is 0 Å². The highest BCUT2D eigenvalue weighted by Gasteiger charge is 2.32. The van der Waals surface area contributed by atoms with Gasteiger partial charge in [0.1, 0.15) is 5.75 Å². The van der Waals surface area contributed by atoms with Crippen molar-refractivity contribution >= 4 is 40.3 Å². The van der Waals surface area contributed by atoms with Crippen LogP contribution in [0.5, 0.6) is 5.75 Å². The molecule has 154 valence electrons. The number of aromatic nitrogens is 2.